The van der Waals surface area contributed by atoms with Crippen LogP contribution in [0.4, 0.5) is 0 Å². The van der Waals surface area contributed by atoms with Crippen molar-refractivity contribution in [2.24, 2.45) is 5.73 Å². The molecule has 0 fully saturated rings. The predicted molar refractivity (Wildman–Crippen MR) is 77.8 cm³/mol. The van der Waals surface area contributed by atoms with Gasteiger partial charge in [-0.25, -0.2) is 0 Å². The molecule has 0 heterocycles. The largest absolute Gasteiger partial charge is 0.374 e. The molecular weight excluding hydrogens is 222 g/mol. The molecular formula is C16H27NO. The monoisotopic (exact) mass is 249 g/mol. The van der Waals surface area contributed by atoms with Gasteiger partial charge in [0.15, 0.2) is 0 Å². The number of benzene rings is 1. The van der Waals surface area contributed by atoms with Gasteiger partial charge < -0.3 is 10.5 Å². The summed E-state index contributed by atoms with van der Waals surface area (Å²) in [5.74, 6) is 0. The fourth-order valence-corrected chi connectivity index (χ4v) is 1.67. The Morgan fingerprint density at radius 1 is 1.00 bits per heavy atom. The molecule has 1 atom stereocenters. The first-order valence-corrected chi connectivity index (χ1v) is 6.59. The lowest BCUT2D eigenvalue weighted by atomic mass is 9.86. The lowest BCUT2D eigenvalue weighted by molar-refractivity contribution is -0.0102. The van der Waals surface area contributed by atoms with Crippen LogP contribution >= 0.6 is 0 Å². The van der Waals surface area contributed by atoms with E-state index in [2.05, 4.69) is 45.0 Å². The molecule has 102 valence electrons. The van der Waals surface area contributed by atoms with Crippen LogP contribution in [-0.2, 0) is 10.2 Å². The average molecular weight is 249 g/mol. The van der Waals surface area contributed by atoms with Crippen LogP contribution in [0, 0.1) is 0 Å². The van der Waals surface area contributed by atoms with Crippen molar-refractivity contribution < 1.29 is 4.74 Å². The van der Waals surface area contributed by atoms with Gasteiger partial charge in [-0.05, 0) is 37.3 Å². The highest BCUT2D eigenvalue weighted by molar-refractivity contribution is 5.29. The van der Waals surface area contributed by atoms with E-state index in [1.54, 1.807) is 0 Å². The van der Waals surface area contributed by atoms with Gasteiger partial charge in [0.1, 0.15) is 0 Å². The zero-order chi connectivity index (χ0) is 14.0. The van der Waals surface area contributed by atoms with Crippen molar-refractivity contribution in [1.29, 1.82) is 0 Å². The number of rotatable bonds is 3. The Balaban J connectivity index is 2.68. The van der Waals surface area contributed by atoms with Crippen LogP contribution in [0.25, 0.3) is 0 Å². The molecule has 1 unspecified atom stereocenters. The van der Waals surface area contributed by atoms with Crippen LogP contribution in [0.2, 0.25) is 0 Å². The number of hydrogen-bond donors (Lipinski definition) is 1. The van der Waals surface area contributed by atoms with Crippen LogP contribution in [0.3, 0.4) is 0 Å². The third-order valence-corrected chi connectivity index (χ3v) is 2.90. The Morgan fingerprint density at radius 2 is 1.50 bits per heavy atom. The number of hydrogen-bond acceptors (Lipinski definition) is 2. The van der Waals surface area contributed by atoms with Crippen molar-refractivity contribution >= 4 is 0 Å². The van der Waals surface area contributed by atoms with Crippen molar-refractivity contribution in [2.45, 2.75) is 58.6 Å². The van der Waals surface area contributed by atoms with Gasteiger partial charge in [-0.15, -0.1) is 0 Å². The third-order valence-electron chi connectivity index (χ3n) is 2.90. The van der Waals surface area contributed by atoms with E-state index in [4.69, 9.17) is 10.5 Å². The van der Waals surface area contributed by atoms with E-state index in [1.807, 2.05) is 20.8 Å². The topological polar surface area (TPSA) is 35.2 Å². The van der Waals surface area contributed by atoms with E-state index in [-0.39, 0.29) is 17.1 Å². The normalized spacial score (nSPS) is 14.6. The van der Waals surface area contributed by atoms with Gasteiger partial charge in [0.2, 0.25) is 0 Å². The lowest BCUT2D eigenvalue weighted by Gasteiger charge is -2.23. The highest BCUT2D eigenvalue weighted by atomic mass is 16.5. The summed E-state index contributed by atoms with van der Waals surface area (Å²) >= 11 is 0. The summed E-state index contributed by atoms with van der Waals surface area (Å²) < 4.78 is 5.72. The Bertz CT molecular complexity index is 368. The molecule has 2 nitrogen and oxygen atoms in total. The molecule has 0 amide bonds. The maximum absolute atomic E-state index is 6.14. The molecule has 0 spiro atoms. The fraction of sp³-hybridized carbons (Fsp3) is 0.625. The summed E-state index contributed by atoms with van der Waals surface area (Å²) in [6, 6.07) is 8.48. The summed E-state index contributed by atoms with van der Waals surface area (Å²) in [7, 11) is 0. The van der Waals surface area contributed by atoms with Gasteiger partial charge in [0, 0.05) is 0 Å². The molecule has 18 heavy (non-hydrogen) atoms. The van der Waals surface area contributed by atoms with E-state index in [0.717, 1.165) is 5.56 Å². The van der Waals surface area contributed by atoms with Crippen molar-refractivity contribution in [3.63, 3.8) is 0 Å². The molecule has 2 heteroatoms. The van der Waals surface area contributed by atoms with Gasteiger partial charge in [-0.2, -0.15) is 0 Å². The highest BCUT2D eigenvalue weighted by Crippen LogP contribution is 2.24. The lowest BCUT2D eigenvalue weighted by Crippen LogP contribution is -2.26. The zero-order valence-electron chi connectivity index (χ0n) is 12.6. The molecule has 1 aromatic carbocycles. The van der Waals surface area contributed by atoms with Gasteiger partial charge >= 0.3 is 0 Å². The first kappa shape index (κ1) is 15.2. The first-order valence-electron chi connectivity index (χ1n) is 6.59. The maximum Gasteiger partial charge on any atom is 0.0666 e. The summed E-state index contributed by atoms with van der Waals surface area (Å²) in [5, 5.41) is 0. The Labute approximate surface area is 112 Å². The van der Waals surface area contributed by atoms with Crippen LogP contribution in [0.1, 0.15) is 58.7 Å². The van der Waals surface area contributed by atoms with Crippen LogP contribution in [0.5, 0.6) is 0 Å². The minimum Gasteiger partial charge on any atom is -0.374 e. The SMILES string of the molecule is CC(C)(C)OCC(N)c1ccc(C(C)(C)C)cc1. The predicted octanol–water partition coefficient (Wildman–Crippen LogP) is 3.80. The van der Waals surface area contributed by atoms with E-state index in [9.17, 15) is 0 Å². The van der Waals surface area contributed by atoms with Gasteiger partial charge in [-0.3, -0.25) is 0 Å². The van der Waals surface area contributed by atoms with Crippen molar-refractivity contribution in [3.8, 4) is 0 Å². The molecule has 0 saturated carbocycles. The molecule has 0 aliphatic heterocycles. The Morgan fingerprint density at radius 3 is 1.89 bits per heavy atom. The second-order valence-electron chi connectivity index (χ2n) is 6.90. The van der Waals surface area contributed by atoms with Crippen LogP contribution in [0.15, 0.2) is 24.3 Å². The van der Waals surface area contributed by atoms with Crippen molar-refractivity contribution in [2.75, 3.05) is 6.61 Å². The molecule has 2 N–H and O–H groups in total. The molecule has 1 rings (SSSR count). The van der Waals surface area contributed by atoms with E-state index >= 15 is 0 Å². The number of ether oxygens (including phenoxy) is 1. The molecule has 0 aromatic heterocycles. The minimum atomic E-state index is -0.136. The van der Waals surface area contributed by atoms with Gasteiger partial charge in [0.25, 0.3) is 0 Å². The third kappa shape index (κ3) is 4.79. The van der Waals surface area contributed by atoms with Crippen LogP contribution < -0.4 is 5.73 Å². The summed E-state index contributed by atoms with van der Waals surface area (Å²) in [6.45, 7) is 13.3. The fourth-order valence-electron chi connectivity index (χ4n) is 1.67. The van der Waals surface area contributed by atoms with Crippen molar-refractivity contribution in [3.05, 3.63) is 35.4 Å². The molecule has 0 bridgehead atoms. The molecule has 0 aliphatic rings. The second-order valence-corrected chi connectivity index (χ2v) is 6.90. The standard InChI is InChI=1S/C16H27NO/c1-15(2,3)13-9-7-12(8-10-13)14(17)11-18-16(4,5)6/h7-10,14H,11,17H2,1-6H3. The van der Waals surface area contributed by atoms with Gasteiger partial charge in [0.05, 0.1) is 18.2 Å². The summed E-state index contributed by atoms with van der Waals surface area (Å²) in [5.41, 5.74) is 8.65. The van der Waals surface area contributed by atoms with Gasteiger partial charge in [-0.1, -0.05) is 45.0 Å². The van der Waals surface area contributed by atoms with Crippen LogP contribution in [-0.4, -0.2) is 12.2 Å². The summed E-state index contributed by atoms with van der Waals surface area (Å²) in [6.07, 6.45) is 0. The van der Waals surface area contributed by atoms with Crippen molar-refractivity contribution in [1.82, 2.24) is 0 Å². The van der Waals surface area contributed by atoms with E-state index < -0.39 is 0 Å². The smallest absolute Gasteiger partial charge is 0.0666 e. The van der Waals surface area contributed by atoms with E-state index in [1.165, 1.54) is 5.56 Å². The Kier molecular flexibility index (Phi) is 4.57. The molecule has 0 saturated heterocycles. The quantitative estimate of drug-likeness (QED) is 0.884. The van der Waals surface area contributed by atoms with E-state index in [0.29, 0.717) is 6.61 Å². The Hall–Kier alpha value is -0.860. The average Bonchev–Trinajstić information content (AvgIpc) is 2.24. The minimum absolute atomic E-state index is 0.0572. The second kappa shape index (κ2) is 5.41. The molecule has 0 radical (unpaired) electrons. The first-order chi connectivity index (χ1) is 8.09. The zero-order valence-corrected chi connectivity index (χ0v) is 12.6. The molecule has 0 aliphatic carbocycles. The number of nitrogens with two attached hydrogens (primary N) is 1. The summed E-state index contributed by atoms with van der Waals surface area (Å²) in [4.78, 5) is 0. The highest BCUT2D eigenvalue weighted by Gasteiger charge is 2.16. The molecule has 1 aromatic rings. The maximum atomic E-state index is 6.14.